The second-order valence-electron chi connectivity index (χ2n) is 11.0. The van der Waals surface area contributed by atoms with Gasteiger partial charge in [0.15, 0.2) is 0 Å². The lowest BCUT2D eigenvalue weighted by Gasteiger charge is -2.60. The molecule has 0 aromatic carbocycles. The predicted octanol–water partition coefficient (Wildman–Crippen LogP) is 7.58. The average molecular weight is 394 g/mol. The molecule has 0 spiro atoms. The van der Waals surface area contributed by atoms with E-state index in [1.807, 2.05) is 0 Å². The number of hydrogen-bond acceptors (Lipinski definition) is 1. The van der Waals surface area contributed by atoms with Crippen LogP contribution in [0, 0.1) is 34.5 Å². The average Bonchev–Trinajstić information content (AvgIpc) is 3.11. The zero-order chi connectivity index (χ0) is 20.6. The zero-order valence-corrected chi connectivity index (χ0v) is 19.4. The van der Waals surface area contributed by atoms with Crippen LogP contribution in [-0.2, 0) is 0 Å². The molecule has 6 unspecified atom stereocenters. The van der Waals surface area contributed by atoms with Crippen LogP contribution in [0.4, 0.5) is 0 Å². The van der Waals surface area contributed by atoms with Crippen LogP contribution < -0.4 is 5.32 Å². The molecule has 0 radical (unpaired) electrons. The van der Waals surface area contributed by atoms with Gasteiger partial charge in [-0.25, -0.2) is 0 Å². The van der Waals surface area contributed by atoms with Crippen LogP contribution in [0.3, 0.4) is 0 Å². The number of fused-ring (bicyclic) bond motifs is 3. The molecule has 4 rings (SSSR count). The minimum absolute atomic E-state index is 0.342. The Morgan fingerprint density at radius 2 is 2.00 bits per heavy atom. The maximum atomic E-state index is 4.07. The zero-order valence-electron chi connectivity index (χ0n) is 19.4. The summed E-state index contributed by atoms with van der Waals surface area (Å²) in [4.78, 5) is 0. The van der Waals surface area contributed by atoms with E-state index < -0.39 is 0 Å². The summed E-state index contributed by atoms with van der Waals surface area (Å²) in [5.74, 6) is 3.45. The molecule has 0 aromatic heterocycles. The fraction of sp³-hybridized carbons (Fsp3) is 0.714. The largest absolute Gasteiger partial charge is 0.391 e. The monoisotopic (exact) mass is 393 g/mol. The van der Waals surface area contributed by atoms with Crippen LogP contribution >= 0.6 is 0 Å². The van der Waals surface area contributed by atoms with E-state index in [0.717, 1.165) is 23.7 Å². The summed E-state index contributed by atoms with van der Waals surface area (Å²) in [5.41, 5.74) is 5.77. The van der Waals surface area contributed by atoms with Crippen molar-refractivity contribution in [2.24, 2.45) is 34.5 Å². The normalized spacial score (nSPS) is 43.2. The fourth-order valence-electron chi connectivity index (χ4n) is 8.34. The fourth-order valence-corrected chi connectivity index (χ4v) is 8.34. The van der Waals surface area contributed by atoms with Crippen molar-refractivity contribution in [2.45, 2.75) is 85.0 Å². The first-order chi connectivity index (χ1) is 14.0. The molecule has 1 heteroatoms. The predicted molar refractivity (Wildman–Crippen MR) is 126 cm³/mol. The maximum absolute atomic E-state index is 4.07. The lowest BCUT2D eigenvalue weighted by atomic mass is 9.44. The van der Waals surface area contributed by atoms with Crippen molar-refractivity contribution in [2.75, 3.05) is 7.05 Å². The van der Waals surface area contributed by atoms with Crippen molar-refractivity contribution in [3.05, 3.63) is 47.7 Å². The van der Waals surface area contributed by atoms with Gasteiger partial charge in [-0.05, 0) is 91.9 Å². The third-order valence-corrected chi connectivity index (χ3v) is 9.54. The molecule has 0 aromatic rings. The lowest BCUT2D eigenvalue weighted by molar-refractivity contribution is -0.0651. The van der Waals surface area contributed by atoms with Crippen LogP contribution in [0.5, 0.6) is 0 Å². The molecule has 0 aliphatic heterocycles. The van der Waals surface area contributed by atoms with Crippen LogP contribution in [-0.4, -0.2) is 7.05 Å². The number of nitrogens with one attached hydrogen (secondary N) is 1. The van der Waals surface area contributed by atoms with E-state index >= 15 is 0 Å². The van der Waals surface area contributed by atoms with Gasteiger partial charge in [-0.2, -0.15) is 0 Å². The molecule has 1 N–H and O–H groups in total. The minimum Gasteiger partial charge on any atom is -0.391 e. The highest BCUT2D eigenvalue weighted by Crippen LogP contribution is 2.67. The first-order valence-electron chi connectivity index (χ1n) is 12.4. The topological polar surface area (TPSA) is 12.0 Å². The van der Waals surface area contributed by atoms with Gasteiger partial charge in [0.1, 0.15) is 0 Å². The first-order valence-corrected chi connectivity index (χ1v) is 12.4. The van der Waals surface area contributed by atoms with E-state index in [1.165, 1.54) is 69.9 Å². The van der Waals surface area contributed by atoms with Gasteiger partial charge in [0.25, 0.3) is 0 Å². The summed E-state index contributed by atoms with van der Waals surface area (Å²) in [5, 5.41) is 3.38. The van der Waals surface area contributed by atoms with E-state index in [4.69, 9.17) is 0 Å². The summed E-state index contributed by atoms with van der Waals surface area (Å²) in [7, 11) is 2.07. The van der Waals surface area contributed by atoms with E-state index in [9.17, 15) is 0 Å². The molecule has 0 heterocycles. The Kier molecular flexibility index (Phi) is 5.88. The molecule has 160 valence electrons. The summed E-state index contributed by atoms with van der Waals surface area (Å²) in [6.45, 7) is 11.7. The second kappa shape index (κ2) is 8.12. The highest BCUT2D eigenvalue weighted by molar-refractivity contribution is 5.31. The van der Waals surface area contributed by atoms with Crippen molar-refractivity contribution in [3.63, 3.8) is 0 Å². The molecule has 6 atom stereocenters. The second-order valence-corrected chi connectivity index (χ2v) is 11.0. The van der Waals surface area contributed by atoms with Gasteiger partial charge in [-0.1, -0.05) is 69.6 Å². The molecule has 0 bridgehead atoms. The first kappa shape index (κ1) is 21.0. The van der Waals surface area contributed by atoms with Crippen molar-refractivity contribution in [3.8, 4) is 0 Å². The Bertz CT molecular complexity index is 725. The number of rotatable bonds is 5. The van der Waals surface area contributed by atoms with Crippen LogP contribution in [0.2, 0.25) is 0 Å². The molecule has 1 nitrogen and oxygen atoms in total. The molecular weight excluding hydrogens is 350 g/mol. The standard InChI is InChI=1S/C28H43N/c1-6-9-21-13-16-23-25-10-8-18-27(25,3)19-24(26(23)28(21,4)17-7-2)20-11-14-22(29-5)15-12-20/h6,9,11,14,23-26,29H,1,7-8,10,12-13,15-19H2,2-5H3/b21-9-. The Hall–Kier alpha value is -1.24. The summed E-state index contributed by atoms with van der Waals surface area (Å²) < 4.78 is 0. The highest BCUT2D eigenvalue weighted by Gasteiger charge is 2.59. The Balaban J connectivity index is 1.79. The van der Waals surface area contributed by atoms with Crippen molar-refractivity contribution in [1.29, 1.82) is 0 Å². The van der Waals surface area contributed by atoms with E-state index in [-0.39, 0.29) is 0 Å². The molecule has 3 fully saturated rings. The third-order valence-electron chi connectivity index (χ3n) is 9.54. The van der Waals surface area contributed by atoms with Gasteiger partial charge in [-0.15, -0.1) is 0 Å². The summed E-state index contributed by atoms with van der Waals surface area (Å²) in [6, 6.07) is 0. The molecule has 0 saturated heterocycles. The van der Waals surface area contributed by atoms with E-state index in [1.54, 1.807) is 11.1 Å². The van der Waals surface area contributed by atoms with Gasteiger partial charge >= 0.3 is 0 Å². The molecule has 0 amide bonds. The SMILES string of the molecule is C=C/C=C1/CCC2C3CCCC3(C)CC(C3=CC=C(NC)CC3)C2C1(C)CCC. The van der Waals surface area contributed by atoms with Gasteiger partial charge in [0, 0.05) is 12.7 Å². The van der Waals surface area contributed by atoms with Gasteiger partial charge in [0.05, 0.1) is 0 Å². The van der Waals surface area contributed by atoms with Gasteiger partial charge < -0.3 is 5.32 Å². The molecule has 3 saturated carbocycles. The quantitative estimate of drug-likeness (QED) is 0.507. The summed E-state index contributed by atoms with van der Waals surface area (Å²) in [6.07, 6.45) is 22.9. The minimum atomic E-state index is 0.342. The van der Waals surface area contributed by atoms with Crippen molar-refractivity contribution < 1.29 is 0 Å². The van der Waals surface area contributed by atoms with Gasteiger partial charge in [0.2, 0.25) is 0 Å². The Morgan fingerprint density at radius 1 is 1.17 bits per heavy atom. The van der Waals surface area contributed by atoms with Crippen molar-refractivity contribution in [1.82, 2.24) is 5.32 Å². The maximum Gasteiger partial charge on any atom is 0.0107 e. The molecule has 4 aliphatic rings. The van der Waals surface area contributed by atoms with Gasteiger partial charge in [-0.3, -0.25) is 0 Å². The lowest BCUT2D eigenvalue weighted by Crippen LogP contribution is -2.53. The number of hydrogen-bond donors (Lipinski definition) is 1. The van der Waals surface area contributed by atoms with Crippen LogP contribution in [0.1, 0.15) is 85.0 Å². The number of allylic oxidation sites excluding steroid dienone is 7. The molecule has 4 aliphatic carbocycles. The Morgan fingerprint density at radius 3 is 2.66 bits per heavy atom. The smallest absolute Gasteiger partial charge is 0.0107 e. The summed E-state index contributed by atoms with van der Waals surface area (Å²) >= 11 is 0. The highest BCUT2D eigenvalue weighted by atomic mass is 14.8. The molecule has 29 heavy (non-hydrogen) atoms. The third kappa shape index (κ3) is 3.47. The van der Waals surface area contributed by atoms with Crippen LogP contribution in [0.15, 0.2) is 47.7 Å². The molecular formula is C28H43N. The Labute approximate surface area is 179 Å². The van der Waals surface area contributed by atoms with Crippen molar-refractivity contribution >= 4 is 0 Å². The van der Waals surface area contributed by atoms with Crippen LogP contribution in [0.25, 0.3) is 0 Å². The van der Waals surface area contributed by atoms with E-state index in [2.05, 4.69) is 64.0 Å². The van der Waals surface area contributed by atoms with E-state index in [0.29, 0.717) is 10.8 Å².